The maximum atomic E-state index is 5.99. The van der Waals surface area contributed by atoms with Crippen molar-refractivity contribution < 1.29 is 4.74 Å². The minimum Gasteiger partial charge on any atom is -0.456 e. The summed E-state index contributed by atoms with van der Waals surface area (Å²) in [7, 11) is 0. The molecule has 0 saturated carbocycles. The summed E-state index contributed by atoms with van der Waals surface area (Å²) in [4.78, 5) is 1.08. The Morgan fingerprint density at radius 1 is 1.11 bits per heavy atom. The second-order valence-corrected chi connectivity index (χ2v) is 5.19. The van der Waals surface area contributed by atoms with Gasteiger partial charge in [-0.1, -0.05) is 29.8 Å². The molecule has 0 unspecified atom stereocenters. The smallest absolute Gasteiger partial charge is 0.140 e. The van der Waals surface area contributed by atoms with Crippen molar-refractivity contribution in [1.29, 1.82) is 0 Å². The number of hydrogen-bond donors (Lipinski definition) is 0. The standard InChI is InChI=1S/C14H12Cl2OS/c1-18-14-5-3-2-4-12(14)17-13-8-11(16)7-6-10(13)9-15/h2-8H,9H2,1H3. The molecule has 94 valence electrons. The van der Waals surface area contributed by atoms with E-state index in [1.165, 1.54) is 0 Å². The lowest BCUT2D eigenvalue weighted by Crippen LogP contribution is -1.91. The van der Waals surface area contributed by atoms with Gasteiger partial charge >= 0.3 is 0 Å². The third-order valence-corrected chi connectivity index (χ3v) is 3.76. The first-order valence-corrected chi connectivity index (χ1v) is 7.53. The Morgan fingerprint density at radius 3 is 2.61 bits per heavy atom. The van der Waals surface area contributed by atoms with E-state index < -0.39 is 0 Å². The van der Waals surface area contributed by atoms with E-state index >= 15 is 0 Å². The molecule has 2 aromatic rings. The molecule has 0 atom stereocenters. The first kappa shape index (κ1) is 13.6. The van der Waals surface area contributed by atoms with Crippen LogP contribution in [-0.2, 0) is 5.88 Å². The maximum absolute atomic E-state index is 5.99. The average Bonchev–Trinajstić information content (AvgIpc) is 2.40. The van der Waals surface area contributed by atoms with Crippen LogP contribution in [0.15, 0.2) is 47.4 Å². The van der Waals surface area contributed by atoms with Gasteiger partial charge < -0.3 is 4.74 Å². The van der Waals surface area contributed by atoms with Crippen LogP contribution in [-0.4, -0.2) is 6.26 Å². The maximum Gasteiger partial charge on any atom is 0.140 e. The van der Waals surface area contributed by atoms with Crippen molar-refractivity contribution in [2.45, 2.75) is 10.8 Å². The first-order valence-electron chi connectivity index (χ1n) is 5.40. The van der Waals surface area contributed by atoms with Crippen LogP contribution in [0.5, 0.6) is 11.5 Å². The van der Waals surface area contributed by atoms with Crippen LogP contribution >= 0.6 is 35.0 Å². The van der Waals surface area contributed by atoms with E-state index in [2.05, 4.69) is 0 Å². The Labute approximate surface area is 121 Å². The van der Waals surface area contributed by atoms with Gasteiger partial charge in [0.1, 0.15) is 11.5 Å². The van der Waals surface area contributed by atoms with E-state index in [0.29, 0.717) is 16.7 Å². The molecule has 0 aliphatic rings. The van der Waals surface area contributed by atoms with Crippen molar-refractivity contribution in [3.63, 3.8) is 0 Å². The number of halogens is 2. The zero-order valence-corrected chi connectivity index (χ0v) is 12.1. The summed E-state index contributed by atoms with van der Waals surface area (Å²) in [6.45, 7) is 0. The van der Waals surface area contributed by atoms with Gasteiger partial charge in [0.05, 0.1) is 5.88 Å². The molecular weight excluding hydrogens is 287 g/mol. The Morgan fingerprint density at radius 2 is 1.89 bits per heavy atom. The van der Waals surface area contributed by atoms with Gasteiger partial charge in [-0.15, -0.1) is 23.4 Å². The zero-order valence-electron chi connectivity index (χ0n) is 9.82. The SMILES string of the molecule is CSc1ccccc1Oc1cc(Cl)ccc1CCl. The molecule has 0 radical (unpaired) electrons. The monoisotopic (exact) mass is 298 g/mol. The second kappa shape index (κ2) is 6.37. The number of ether oxygens (including phenoxy) is 1. The number of rotatable bonds is 4. The highest BCUT2D eigenvalue weighted by Crippen LogP contribution is 2.34. The topological polar surface area (TPSA) is 9.23 Å². The first-order chi connectivity index (χ1) is 8.74. The van der Waals surface area contributed by atoms with Crippen molar-refractivity contribution in [2.75, 3.05) is 6.26 Å². The van der Waals surface area contributed by atoms with E-state index in [-0.39, 0.29) is 0 Å². The van der Waals surface area contributed by atoms with E-state index in [1.54, 1.807) is 17.8 Å². The van der Waals surface area contributed by atoms with Gasteiger partial charge in [-0.2, -0.15) is 0 Å². The Bertz CT molecular complexity index is 543. The molecule has 18 heavy (non-hydrogen) atoms. The van der Waals surface area contributed by atoms with Crippen LogP contribution in [0.3, 0.4) is 0 Å². The van der Waals surface area contributed by atoms with Gasteiger partial charge in [-0.25, -0.2) is 0 Å². The molecule has 0 aliphatic heterocycles. The Kier molecular flexibility index (Phi) is 4.81. The molecule has 0 heterocycles. The van der Waals surface area contributed by atoms with Gasteiger partial charge in [-0.3, -0.25) is 0 Å². The largest absolute Gasteiger partial charge is 0.456 e. The summed E-state index contributed by atoms with van der Waals surface area (Å²) in [5.41, 5.74) is 0.928. The highest BCUT2D eigenvalue weighted by Gasteiger charge is 2.08. The van der Waals surface area contributed by atoms with Crippen LogP contribution in [0.2, 0.25) is 5.02 Å². The number of para-hydroxylation sites is 1. The van der Waals surface area contributed by atoms with Gasteiger partial charge in [0, 0.05) is 15.5 Å². The van der Waals surface area contributed by atoms with E-state index in [1.807, 2.05) is 42.7 Å². The van der Waals surface area contributed by atoms with E-state index in [4.69, 9.17) is 27.9 Å². The molecule has 4 heteroatoms. The highest BCUT2D eigenvalue weighted by atomic mass is 35.5. The van der Waals surface area contributed by atoms with Crippen molar-refractivity contribution in [2.24, 2.45) is 0 Å². The third-order valence-electron chi connectivity index (χ3n) is 2.46. The van der Waals surface area contributed by atoms with E-state index in [0.717, 1.165) is 16.2 Å². The minimum atomic E-state index is 0.397. The van der Waals surface area contributed by atoms with Crippen molar-refractivity contribution in [3.05, 3.63) is 53.1 Å². The predicted octanol–water partition coefficient (Wildman–Crippen LogP) is 5.59. The summed E-state index contributed by atoms with van der Waals surface area (Å²) in [6, 6.07) is 13.4. The molecule has 0 bridgehead atoms. The van der Waals surface area contributed by atoms with Crippen LogP contribution in [0.25, 0.3) is 0 Å². The third kappa shape index (κ3) is 3.14. The van der Waals surface area contributed by atoms with Crippen molar-refractivity contribution in [3.8, 4) is 11.5 Å². The van der Waals surface area contributed by atoms with Gasteiger partial charge in [0.25, 0.3) is 0 Å². The lowest BCUT2D eigenvalue weighted by Gasteiger charge is -2.12. The molecule has 0 spiro atoms. The molecule has 0 fully saturated rings. The fourth-order valence-corrected chi connectivity index (χ4v) is 2.46. The van der Waals surface area contributed by atoms with Crippen LogP contribution in [0.1, 0.15) is 5.56 Å². The molecule has 0 aliphatic carbocycles. The molecule has 1 nitrogen and oxygen atoms in total. The summed E-state index contributed by atoms with van der Waals surface area (Å²) >= 11 is 13.5. The molecule has 0 aromatic heterocycles. The minimum absolute atomic E-state index is 0.397. The number of alkyl halides is 1. The lowest BCUT2D eigenvalue weighted by molar-refractivity contribution is 0.467. The number of thioether (sulfide) groups is 1. The fourth-order valence-electron chi connectivity index (χ4n) is 1.56. The molecule has 0 saturated heterocycles. The van der Waals surface area contributed by atoms with Gasteiger partial charge in [0.15, 0.2) is 0 Å². The van der Waals surface area contributed by atoms with E-state index in [9.17, 15) is 0 Å². The average molecular weight is 299 g/mol. The highest BCUT2D eigenvalue weighted by molar-refractivity contribution is 7.98. The van der Waals surface area contributed by atoms with Crippen LogP contribution < -0.4 is 4.74 Å². The number of benzene rings is 2. The molecule has 2 aromatic carbocycles. The van der Waals surface area contributed by atoms with Crippen molar-refractivity contribution in [1.82, 2.24) is 0 Å². The molecular formula is C14H12Cl2OS. The predicted molar refractivity (Wildman–Crippen MR) is 79.3 cm³/mol. The fraction of sp³-hybridized carbons (Fsp3) is 0.143. The lowest BCUT2D eigenvalue weighted by atomic mass is 10.2. The van der Waals surface area contributed by atoms with Gasteiger partial charge in [-0.05, 0) is 30.5 Å². The summed E-state index contributed by atoms with van der Waals surface area (Å²) in [5, 5.41) is 0.639. The Hall–Kier alpha value is -0.830. The summed E-state index contributed by atoms with van der Waals surface area (Å²) in [5.74, 6) is 1.92. The molecule has 2 rings (SSSR count). The molecule has 0 N–H and O–H groups in total. The van der Waals surface area contributed by atoms with Crippen molar-refractivity contribution >= 4 is 35.0 Å². The molecule has 0 amide bonds. The summed E-state index contributed by atoms with van der Waals surface area (Å²) < 4.78 is 5.91. The summed E-state index contributed by atoms with van der Waals surface area (Å²) in [6.07, 6.45) is 2.02. The van der Waals surface area contributed by atoms with Gasteiger partial charge in [0.2, 0.25) is 0 Å². The normalized spacial score (nSPS) is 10.4. The van der Waals surface area contributed by atoms with Crippen LogP contribution in [0, 0.1) is 0 Å². The number of hydrogen-bond acceptors (Lipinski definition) is 2. The quantitative estimate of drug-likeness (QED) is 0.537. The second-order valence-electron chi connectivity index (χ2n) is 3.64. The van der Waals surface area contributed by atoms with Crippen LogP contribution in [0.4, 0.5) is 0 Å². The zero-order chi connectivity index (χ0) is 13.0. The Balaban J connectivity index is 2.36.